The summed E-state index contributed by atoms with van der Waals surface area (Å²) in [7, 11) is 0. The van der Waals surface area contributed by atoms with Crippen molar-refractivity contribution in [2.24, 2.45) is 17.8 Å². The van der Waals surface area contributed by atoms with Crippen molar-refractivity contribution in [1.29, 1.82) is 0 Å². The van der Waals surface area contributed by atoms with Gasteiger partial charge in [0, 0.05) is 19.3 Å². The smallest absolute Gasteiger partial charge is 0.306 e. The summed E-state index contributed by atoms with van der Waals surface area (Å²) in [6.07, 6.45) is 49.7. The summed E-state index contributed by atoms with van der Waals surface area (Å²) in [5, 5.41) is 0. The summed E-state index contributed by atoms with van der Waals surface area (Å²) in [4.78, 5) is 38.0. The Hall–Kier alpha value is -1.59. The minimum Gasteiger partial charge on any atom is -0.462 e. The van der Waals surface area contributed by atoms with Gasteiger partial charge in [-0.05, 0) is 37.0 Å². The van der Waals surface area contributed by atoms with Crippen molar-refractivity contribution in [3.8, 4) is 0 Å². The van der Waals surface area contributed by atoms with Crippen molar-refractivity contribution >= 4 is 17.9 Å². The highest BCUT2D eigenvalue weighted by atomic mass is 16.6. The largest absolute Gasteiger partial charge is 0.462 e. The summed E-state index contributed by atoms with van der Waals surface area (Å²) in [5.41, 5.74) is 0. The Kier molecular flexibility index (Phi) is 47.1. The molecule has 6 heteroatoms. The molecule has 0 heterocycles. The van der Waals surface area contributed by atoms with Gasteiger partial charge in [-0.25, -0.2) is 0 Å². The summed E-state index contributed by atoms with van der Waals surface area (Å²) < 4.78 is 16.8. The molecule has 374 valence electrons. The molecule has 0 spiro atoms. The molecular weight excluding hydrogens is 781 g/mol. The maximum atomic E-state index is 12.8. The molecule has 2 atom stereocenters. The molecule has 0 aromatic rings. The lowest BCUT2D eigenvalue weighted by molar-refractivity contribution is -0.167. The van der Waals surface area contributed by atoms with Crippen LogP contribution in [0.25, 0.3) is 0 Å². The van der Waals surface area contributed by atoms with Gasteiger partial charge in [0.25, 0.3) is 0 Å². The number of unbranched alkanes of at least 4 members (excludes halogenated alkanes) is 32. The second-order valence-electron chi connectivity index (χ2n) is 20.8. The first-order valence-corrected chi connectivity index (χ1v) is 28.1. The Morgan fingerprint density at radius 1 is 0.317 bits per heavy atom. The Balaban J connectivity index is 4.20. The lowest BCUT2D eigenvalue weighted by Gasteiger charge is -2.18. The molecule has 0 radical (unpaired) electrons. The first-order valence-electron chi connectivity index (χ1n) is 28.1. The fourth-order valence-corrected chi connectivity index (χ4v) is 8.61. The summed E-state index contributed by atoms with van der Waals surface area (Å²) in [5.74, 6) is 1.65. The van der Waals surface area contributed by atoms with E-state index in [2.05, 4.69) is 41.5 Å². The van der Waals surface area contributed by atoms with Crippen LogP contribution >= 0.6 is 0 Å². The molecule has 0 aromatic heterocycles. The van der Waals surface area contributed by atoms with Gasteiger partial charge in [0.1, 0.15) is 13.2 Å². The maximum Gasteiger partial charge on any atom is 0.306 e. The van der Waals surface area contributed by atoms with Crippen LogP contribution in [-0.2, 0) is 28.6 Å². The molecule has 0 aliphatic carbocycles. The van der Waals surface area contributed by atoms with Crippen LogP contribution < -0.4 is 0 Å². The molecule has 0 fully saturated rings. The van der Waals surface area contributed by atoms with Crippen LogP contribution in [0.2, 0.25) is 0 Å². The van der Waals surface area contributed by atoms with Crippen molar-refractivity contribution in [3.63, 3.8) is 0 Å². The van der Waals surface area contributed by atoms with E-state index in [1.807, 2.05) is 0 Å². The zero-order valence-corrected chi connectivity index (χ0v) is 43.4. The van der Waals surface area contributed by atoms with Crippen LogP contribution in [0.3, 0.4) is 0 Å². The summed E-state index contributed by atoms with van der Waals surface area (Å²) in [6, 6.07) is 0. The van der Waals surface area contributed by atoms with E-state index in [-0.39, 0.29) is 31.1 Å². The van der Waals surface area contributed by atoms with E-state index in [0.29, 0.717) is 19.3 Å². The molecule has 0 aromatic carbocycles. The Bertz CT molecular complexity index is 978. The van der Waals surface area contributed by atoms with E-state index < -0.39 is 6.10 Å². The third kappa shape index (κ3) is 49.7. The van der Waals surface area contributed by atoms with Gasteiger partial charge in [0.2, 0.25) is 0 Å². The maximum absolute atomic E-state index is 12.8. The molecule has 0 saturated heterocycles. The predicted molar refractivity (Wildman–Crippen MR) is 270 cm³/mol. The number of ether oxygens (including phenoxy) is 3. The fourth-order valence-electron chi connectivity index (χ4n) is 8.61. The fraction of sp³-hybridized carbons (Fsp3) is 0.947. The first kappa shape index (κ1) is 61.4. The van der Waals surface area contributed by atoms with Gasteiger partial charge in [-0.1, -0.05) is 273 Å². The highest BCUT2D eigenvalue weighted by Crippen LogP contribution is 2.19. The van der Waals surface area contributed by atoms with Gasteiger partial charge in [0.05, 0.1) is 0 Å². The Morgan fingerprint density at radius 3 is 0.825 bits per heavy atom. The van der Waals surface area contributed by atoms with Gasteiger partial charge in [-0.3, -0.25) is 14.4 Å². The van der Waals surface area contributed by atoms with Gasteiger partial charge in [0.15, 0.2) is 6.10 Å². The minimum absolute atomic E-state index is 0.0649. The van der Waals surface area contributed by atoms with Crippen LogP contribution in [0.4, 0.5) is 0 Å². The summed E-state index contributed by atoms with van der Waals surface area (Å²) in [6.45, 7) is 13.7. The minimum atomic E-state index is -0.763. The average molecular weight is 892 g/mol. The normalized spacial score (nSPS) is 12.6. The van der Waals surface area contributed by atoms with E-state index in [0.717, 1.165) is 75.5 Å². The van der Waals surface area contributed by atoms with Gasteiger partial charge < -0.3 is 14.2 Å². The van der Waals surface area contributed by atoms with Crippen LogP contribution in [0.5, 0.6) is 0 Å². The third-order valence-electron chi connectivity index (χ3n) is 13.3. The number of carbonyl (C=O) groups is 3. The Morgan fingerprint density at radius 2 is 0.556 bits per heavy atom. The number of esters is 3. The van der Waals surface area contributed by atoms with Crippen LogP contribution in [0.15, 0.2) is 0 Å². The topological polar surface area (TPSA) is 78.9 Å². The third-order valence-corrected chi connectivity index (χ3v) is 13.3. The monoisotopic (exact) mass is 891 g/mol. The highest BCUT2D eigenvalue weighted by molar-refractivity contribution is 5.71. The molecule has 63 heavy (non-hydrogen) atoms. The predicted octanol–water partition coefficient (Wildman–Crippen LogP) is 18.3. The van der Waals surface area contributed by atoms with E-state index in [1.165, 1.54) is 193 Å². The highest BCUT2D eigenvalue weighted by Gasteiger charge is 2.19. The van der Waals surface area contributed by atoms with Crippen molar-refractivity contribution in [3.05, 3.63) is 0 Å². The molecule has 0 bridgehead atoms. The summed E-state index contributed by atoms with van der Waals surface area (Å²) >= 11 is 0. The number of hydrogen-bond donors (Lipinski definition) is 0. The Labute approximate surface area is 393 Å². The van der Waals surface area contributed by atoms with Gasteiger partial charge >= 0.3 is 17.9 Å². The SMILES string of the molecule is CCC(C)CCCCCCCCCCCCCCCCCCCCC(=O)O[C@H](COC(=O)CCCCCCCCCCCCCC(C)C)COC(=O)CCCCCCCCC(C)C. The van der Waals surface area contributed by atoms with Crippen LogP contribution in [-0.4, -0.2) is 37.2 Å². The molecule has 0 rings (SSSR count). The zero-order valence-electron chi connectivity index (χ0n) is 43.4. The van der Waals surface area contributed by atoms with Crippen molar-refractivity contribution < 1.29 is 28.6 Å². The zero-order chi connectivity index (χ0) is 46.3. The number of rotatable bonds is 50. The molecule has 0 N–H and O–H groups in total. The van der Waals surface area contributed by atoms with Crippen molar-refractivity contribution in [2.45, 2.75) is 317 Å². The molecule has 0 aliphatic heterocycles. The molecule has 0 amide bonds. The second-order valence-corrected chi connectivity index (χ2v) is 20.8. The average Bonchev–Trinajstić information content (AvgIpc) is 3.25. The quantitative estimate of drug-likeness (QED) is 0.0344. The molecule has 0 saturated carbocycles. The van der Waals surface area contributed by atoms with E-state index in [9.17, 15) is 14.4 Å². The van der Waals surface area contributed by atoms with E-state index in [1.54, 1.807) is 0 Å². The molecular formula is C57H110O6. The first-order chi connectivity index (χ1) is 30.6. The molecule has 0 aliphatic rings. The second kappa shape index (κ2) is 48.3. The lowest BCUT2D eigenvalue weighted by atomic mass is 9.99. The molecule has 1 unspecified atom stereocenters. The van der Waals surface area contributed by atoms with Gasteiger partial charge in [-0.15, -0.1) is 0 Å². The van der Waals surface area contributed by atoms with Crippen molar-refractivity contribution in [2.75, 3.05) is 13.2 Å². The van der Waals surface area contributed by atoms with Crippen LogP contribution in [0.1, 0.15) is 311 Å². The van der Waals surface area contributed by atoms with E-state index in [4.69, 9.17) is 14.2 Å². The van der Waals surface area contributed by atoms with Gasteiger partial charge in [-0.2, -0.15) is 0 Å². The van der Waals surface area contributed by atoms with Crippen molar-refractivity contribution in [1.82, 2.24) is 0 Å². The molecule has 6 nitrogen and oxygen atoms in total. The standard InChI is InChI=1S/C57H110O6/c1-7-53(6)45-39-33-26-22-18-14-12-10-8-9-11-13-15-19-24-28-36-42-48-57(60)63-54(50-62-56(59)47-41-35-30-29-32-38-44-52(4)5)49-61-55(58)46-40-34-27-23-20-16-17-21-25-31-37-43-51(2)3/h51-54H,7-50H2,1-6H3/t53?,54-/m1/s1. The lowest BCUT2D eigenvalue weighted by Crippen LogP contribution is -2.30. The van der Waals surface area contributed by atoms with Crippen LogP contribution in [0, 0.1) is 17.8 Å². The number of hydrogen-bond acceptors (Lipinski definition) is 6. The van der Waals surface area contributed by atoms with E-state index >= 15 is 0 Å². The number of carbonyl (C=O) groups excluding carboxylic acids is 3.